The van der Waals surface area contributed by atoms with Gasteiger partial charge in [-0.2, -0.15) is 0 Å². The van der Waals surface area contributed by atoms with Gasteiger partial charge in [-0.15, -0.1) is 0 Å². The molecule has 2 aromatic carbocycles. The van der Waals surface area contributed by atoms with Crippen molar-refractivity contribution >= 4 is 15.7 Å². The Balaban J connectivity index is 1.44. The molecular weight excluding hydrogens is 442 g/mol. The number of fused-ring (bicyclic) bond motifs is 1. The Morgan fingerprint density at radius 3 is 2.39 bits per heavy atom. The lowest BCUT2D eigenvalue weighted by atomic mass is 9.87. The zero-order valence-electron chi connectivity index (χ0n) is 18.9. The number of rotatable bonds is 6. The molecule has 0 amide bonds. The van der Waals surface area contributed by atoms with Gasteiger partial charge in [0.15, 0.2) is 0 Å². The van der Waals surface area contributed by atoms with Gasteiger partial charge in [0.05, 0.1) is 35.9 Å². The molecule has 3 aliphatic rings. The van der Waals surface area contributed by atoms with Crippen molar-refractivity contribution in [3.05, 3.63) is 53.6 Å². The van der Waals surface area contributed by atoms with E-state index in [0.29, 0.717) is 55.8 Å². The lowest BCUT2D eigenvalue weighted by Gasteiger charge is -2.38. The number of aliphatic hydroxyl groups excluding tert-OH is 1. The van der Waals surface area contributed by atoms with Crippen LogP contribution in [0.2, 0.25) is 0 Å². The molecule has 0 radical (unpaired) electrons. The fourth-order valence-corrected chi connectivity index (χ4v) is 6.54. The Kier molecular flexibility index (Phi) is 6.35. The van der Waals surface area contributed by atoms with E-state index in [-0.39, 0.29) is 17.0 Å². The summed E-state index contributed by atoms with van der Waals surface area (Å²) in [7, 11) is -3.85. The summed E-state index contributed by atoms with van der Waals surface area (Å²) in [6.45, 7) is 4.21. The van der Waals surface area contributed by atoms with Gasteiger partial charge in [0.2, 0.25) is 0 Å². The van der Waals surface area contributed by atoms with Gasteiger partial charge in [-0.25, -0.2) is 8.42 Å². The van der Waals surface area contributed by atoms with Crippen molar-refractivity contribution in [3.63, 3.8) is 0 Å². The summed E-state index contributed by atoms with van der Waals surface area (Å²) in [6.07, 6.45) is 2.32. The zero-order valence-corrected chi connectivity index (χ0v) is 19.7. The van der Waals surface area contributed by atoms with E-state index in [1.807, 2.05) is 24.3 Å². The first kappa shape index (κ1) is 22.7. The third-order valence-electron chi connectivity index (χ3n) is 6.97. The molecule has 2 saturated heterocycles. The van der Waals surface area contributed by atoms with Crippen LogP contribution in [0.4, 0.5) is 5.69 Å². The van der Waals surface area contributed by atoms with Crippen LogP contribution in [-0.2, 0) is 25.9 Å². The molecule has 2 aromatic rings. The van der Waals surface area contributed by atoms with Crippen LogP contribution in [0.25, 0.3) is 0 Å². The second kappa shape index (κ2) is 9.25. The van der Waals surface area contributed by atoms with E-state index < -0.39 is 16.1 Å². The molecule has 3 aliphatic heterocycles. The van der Waals surface area contributed by atoms with Crippen LogP contribution in [0, 0.1) is 5.92 Å². The quantitative estimate of drug-likeness (QED) is 0.692. The normalized spacial score (nSPS) is 23.9. The summed E-state index contributed by atoms with van der Waals surface area (Å²) < 4.78 is 46.0. The van der Waals surface area contributed by atoms with Crippen LogP contribution >= 0.6 is 0 Å². The Labute approximate surface area is 195 Å². The second-order valence-electron chi connectivity index (χ2n) is 9.07. The number of sulfonamides is 1. The molecular formula is C25H31NO6S. The first-order chi connectivity index (χ1) is 16.0. The Hall–Kier alpha value is -2.13. The molecule has 2 atom stereocenters. The third-order valence-corrected chi connectivity index (χ3v) is 8.85. The number of aryl methyl sites for hydroxylation is 1. The first-order valence-electron chi connectivity index (χ1n) is 11.7. The number of aliphatic hydroxyl groups is 1. The van der Waals surface area contributed by atoms with Gasteiger partial charge < -0.3 is 19.3 Å². The summed E-state index contributed by atoms with van der Waals surface area (Å²) in [5.41, 5.74) is 2.30. The van der Waals surface area contributed by atoms with E-state index in [1.165, 1.54) is 4.31 Å². The van der Waals surface area contributed by atoms with Gasteiger partial charge in [-0.1, -0.05) is 19.1 Å². The number of benzene rings is 2. The molecule has 2 fully saturated rings. The van der Waals surface area contributed by atoms with E-state index in [2.05, 4.69) is 6.92 Å². The second-order valence-corrected chi connectivity index (χ2v) is 10.9. The number of hydrogen-bond donors (Lipinski definition) is 1. The van der Waals surface area contributed by atoms with Crippen LogP contribution in [0.5, 0.6) is 5.75 Å². The predicted molar refractivity (Wildman–Crippen MR) is 124 cm³/mol. The van der Waals surface area contributed by atoms with Crippen molar-refractivity contribution in [2.24, 2.45) is 5.92 Å². The van der Waals surface area contributed by atoms with Gasteiger partial charge in [0.25, 0.3) is 10.0 Å². The highest BCUT2D eigenvalue weighted by Crippen LogP contribution is 2.41. The van der Waals surface area contributed by atoms with E-state index >= 15 is 0 Å². The van der Waals surface area contributed by atoms with Crippen LogP contribution in [0.1, 0.15) is 43.4 Å². The van der Waals surface area contributed by atoms with Gasteiger partial charge in [0, 0.05) is 31.1 Å². The Bertz CT molecular complexity index is 1080. The summed E-state index contributed by atoms with van der Waals surface area (Å²) in [5, 5.41) is 10.9. The topological polar surface area (TPSA) is 85.3 Å². The SMILES string of the molecule is CCc1ccc(N(C2COC2)S(=O)(=O)c2ccc3c(c2)C(O)CC(C2CCOCC2)O3)cc1. The molecule has 1 N–H and O–H groups in total. The predicted octanol–water partition coefficient (Wildman–Crippen LogP) is 3.45. The van der Waals surface area contributed by atoms with Crippen molar-refractivity contribution in [2.75, 3.05) is 30.7 Å². The minimum atomic E-state index is -3.85. The smallest absolute Gasteiger partial charge is 0.264 e. The van der Waals surface area contributed by atoms with Crippen molar-refractivity contribution < 1.29 is 27.7 Å². The number of ether oxygens (including phenoxy) is 3. The summed E-state index contributed by atoms with van der Waals surface area (Å²) >= 11 is 0. The minimum Gasteiger partial charge on any atom is -0.490 e. The Morgan fingerprint density at radius 2 is 1.76 bits per heavy atom. The molecule has 7 nitrogen and oxygen atoms in total. The lowest BCUT2D eigenvalue weighted by Crippen LogP contribution is -2.52. The molecule has 8 heteroatoms. The van der Waals surface area contributed by atoms with Gasteiger partial charge in [0.1, 0.15) is 11.9 Å². The third kappa shape index (κ3) is 4.37. The maximum absolute atomic E-state index is 13.8. The monoisotopic (exact) mass is 473 g/mol. The minimum absolute atomic E-state index is 0.0837. The molecule has 178 valence electrons. The molecule has 33 heavy (non-hydrogen) atoms. The molecule has 0 bridgehead atoms. The van der Waals surface area contributed by atoms with Gasteiger partial charge in [-0.3, -0.25) is 4.31 Å². The van der Waals surface area contributed by atoms with Crippen molar-refractivity contribution in [3.8, 4) is 5.75 Å². The number of hydrogen-bond acceptors (Lipinski definition) is 6. The van der Waals surface area contributed by atoms with Gasteiger partial charge >= 0.3 is 0 Å². The van der Waals surface area contributed by atoms with Crippen LogP contribution < -0.4 is 9.04 Å². The average molecular weight is 474 g/mol. The largest absolute Gasteiger partial charge is 0.490 e. The fraction of sp³-hybridized carbons (Fsp3) is 0.520. The van der Waals surface area contributed by atoms with E-state index in [1.54, 1.807) is 18.2 Å². The Morgan fingerprint density at radius 1 is 1.03 bits per heavy atom. The molecule has 0 aromatic heterocycles. The van der Waals surface area contributed by atoms with Crippen LogP contribution in [0.3, 0.4) is 0 Å². The maximum Gasteiger partial charge on any atom is 0.264 e. The molecule has 2 unspecified atom stereocenters. The standard InChI is InChI=1S/C25H31NO6S/c1-2-17-3-5-19(6-4-17)26(20-15-31-16-20)33(28,29)21-7-8-24-22(13-21)23(27)14-25(32-24)18-9-11-30-12-10-18/h3-8,13,18,20,23,25,27H,2,9-12,14-16H2,1H3. The van der Waals surface area contributed by atoms with Crippen molar-refractivity contribution in [1.29, 1.82) is 0 Å². The van der Waals surface area contributed by atoms with Crippen LogP contribution in [0.15, 0.2) is 47.4 Å². The average Bonchev–Trinajstić information content (AvgIpc) is 2.81. The number of anilines is 1. The van der Waals surface area contributed by atoms with E-state index in [9.17, 15) is 13.5 Å². The summed E-state index contributed by atoms with van der Waals surface area (Å²) in [6, 6.07) is 12.2. The molecule has 5 rings (SSSR count). The maximum atomic E-state index is 13.8. The lowest BCUT2D eigenvalue weighted by molar-refractivity contribution is -0.0151. The summed E-state index contributed by atoms with van der Waals surface area (Å²) in [4.78, 5) is 0.153. The highest BCUT2D eigenvalue weighted by molar-refractivity contribution is 7.92. The highest BCUT2D eigenvalue weighted by atomic mass is 32.2. The fourth-order valence-electron chi connectivity index (χ4n) is 4.89. The van der Waals surface area contributed by atoms with E-state index in [0.717, 1.165) is 24.8 Å². The molecule has 0 saturated carbocycles. The van der Waals surface area contributed by atoms with Crippen molar-refractivity contribution in [2.45, 2.75) is 55.8 Å². The van der Waals surface area contributed by atoms with Crippen LogP contribution in [-0.4, -0.2) is 52.1 Å². The molecule has 3 heterocycles. The number of nitrogens with zero attached hydrogens (tertiary/aromatic N) is 1. The van der Waals surface area contributed by atoms with E-state index in [4.69, 9.17) is 14.2 Å². The zero-order chi connectivity index (χ0) is 23.0. The molecule has 0 aliphatic carbocycles. The molecule has 0 spiro atoms. The summed E-state index contributed by atoms with van der Waals surface area (Å²) in [5.74, 6) is 0.903. The van der Waals surface area contributed by atoms with Crippen molar-refractivity contribution in [1.82, 2.24) is 0 Å². The highest BCUT2D eigenvalue weighted by Gasteiger charge is 2.38. The van der Waals surface area contributed by atoms with Gasteiger partial charge in [-0.05, 0) is 55.2 Å². The first-order valence-corrected chi connectivity index (χ1v) is 13.2.